The van der Waals surface area contributed by atoms with Gasteiger partial charge in [-0.05, 0) is 79.3 Å². The number of unbranched alkanes of at least 4 members (excludes halogenated alkanes) is 2. The number of hydrogen-bond donors (Lipinski definition) is 1. The monoisotopic (exact) mass is 455 g/mol. The van der Waals surface area contributed by atoms with Gasteiger partial charge in [-0.15, -0.1) is 0 Å². The Kier molecular flexibility index (Phi) is 9.17. The van der Waals surface area contributed by atoms with E-state index >= 15 is 0 Å². The lowest BCUT2D eigenvalue weighted by atomic mass is 10.0. The van der Waals surface area contributed by atoms with Crippen LogP contribution in [-0.4, -0.2) is 11.1 Å². The maximum atomic E-state index is 12.0. The topological polar surface area (TPSA) is 69.6 Å². The Morgan fingerprint density at radius 2 is 1.53 bits per heavy atom. The van der Waals surface area contributed by atoms with Crippen LogP contribution in [0.1, 0.15) is 84.7 Å². The summed E-state index contributed by atoms with van der Waals surface area (Å²) in [4.78, 5) is 11.1. The quantitative estimate of drug-likeness (QED) is 0.354. The summed E-state index contributed by atoms with van der Waals surface area (Å²) in [6.07, 6.45) is 6.05. The summed E-state index contributed by atoms with van der Waals surface area (Å²) in [5.74, 6) is 5.03. The van der Waals surface area contributed by atoms with Crippen molar-refractivity contribution in [1.82, 2.24) is 0 Å². The van der Waals surface area contributed by atoms with Crippen molar-refractivity contribution < 1.29 is 19.7 Å². The van der Waals surface area contributed by atoms with Crippen LogP contribution in [-0.2, 0) is 6.42 Å². The fraction of sp³-hybridized carbons (Fsp3) is 0.300. The summed E-state index contributed by atoms with van der Waals surface area (Å²) in [5, 5.41) is 21.1. The molecule has 0 radical (unpaired) electrons. The van der Waals surface area contributed by atoms with E-state index < -0.39 is 11.7 Å². The van der Waals surface area contributed by atoms with E-state index in [2.05, 4.69) is 50.0 Å². The van der Waals surface area contributed by atoms with E-state index in [0.717, 1.165) is 42.4 Å². The van der Waals surface area contributed by atoms with Gasteiger partial charge in [-0.2, -0.15) is 0 Å². The summed E-state index contributed by atoms with van der Waals surface area (Å²) in [6, 6.07) is 20.5. The normalized spacial score (nSPS) is 11.4. The third-order valence-corrected chi connectivity index (χ3v) is 5.69. The number of aryl methyl sites for hydroxylation is 1. The van der Waals surface area contributed by atoms with Crippen LogP contribution in [0.25, 0.3) is 0 Å². The van der Waals surface area contributed by atoms with Crippen LogP contribution in [0.15, 0.2) is 66.7 Å². The van der Waals surface area contributed by atoms with Gasteiger partial charge in [0.2, 0.25) is 0 Å². The minimum atomic E-state index is -1.23. The summed E-state index contributed by atoms with van der Waals surface area (Å²) < 4.78 is 6.10. The van der Waals surface area contributed by atoms with Gasteiger partial charge in [0.1, 0.15) is 11.9 Å². The minimum absolute atomic E-state index is 0.229. The minimum Gasteiger partial charge on any atom is -0.872 e. The lowest BCUT2D eigenvalue weighted by Crippen LogP contribution is -2.09. The zero-order valence-corrected chi connectivity index (χ0v) is 19.8. The van der Waals surface area contributed by atoms with Crippen LogP contribution < -0.4 is 9.84 Å². The van der Waals surface area contributed by atoms with Crippen LogP contribution in [0.3, 0.4) is 0 Å². The highest BCUT2D eigenvalue weighted by Gasteiger charge is 2.14. The lowest BCUT2D eigenvalue weighted by Gasteiger charge is -2.21. The zero-order chi connectivity index (χ0) is 24.3. The van der Waals surface area contributed by atoms with E-state index in [0.29, 0.717) is 5.75 Å². The number of aromatic carboxylic acids is 1. The molecule has 4 nitrogen and oxygen atoms in total. The van der Waals surface area contributed by atoms with Gasteiger partial charge < -0.3 is 14.9 Å². The molecule has 3 aromatic carbocycles. The molecule has 0 bridgehead atoms. The second-order valence-corrected chi connectivity index (χ2v) is 8.38. The smallest absolute Gasteiger partial charge is 0.335 e. The van der Waals surface area contributed by atoms with Gasteiger partial charge >= 0.3 is 5.97 Å². The van der Waals surface area contributed by atoms with Crippen molar-refractivity contribution in [3.63, 3.8) is 0 Å². The Morgan fingerprint density at radius 1 is 0.912 bits per heavy atom. The highest BCUT2D eigenvalue weighted by molar-refractivity contribution is 5.90. The molecule has 0 amide bonds. The molecule has 0 aliphatic carbocycles. The zero-order valence-electron chi connectivity index (χ0n) is 19.8. The van der Waals surface area contributed by atoms with Crippen LogP contribution in [0.2, 0.25) is 0 Å². The Morgan fingerprint density at radius 3 is 2.09 bits per heavy atom. The summed E-state index contributed by atoms with van der Waals surface area (Å²) in [5.41, 5.74) is 3.99. The standard InChI is InChI=1S/C30H32O4/c1-3-5-7-22-9-11-23(12-10-22)13-14-24-15-17-25(18-16-24)29(8-6-4-2)34-26-19-20-27(30(32)33)28(31)21-26/h9-12,15-21,29,31H,3-8H2,1-2H3,(H,32,33)/p-1. The van der Waals surface area contributed by atoms with Crippen LogP contribution in [0.5, 0.6) is 11.5 Å². The Bertz CT molecular complexity index is 1140. The van der Waals surface area contributed by atoms with E-state index in [1.54, 1.807) is 0 Å². The number of benzene rings is 3. The fourth-order valence-corrected chi connectivity index (χ4v) is 3.66. The second-order valence-electron chi connectivity index (χ2n) is 8.38. The number of carboxylic acids is 1. The van der Waals surface area contributed by atoms with Crippen molar-refractivity contribution in [2.24, 2.45) is 0 Å². The number of ether oxygens (including phenoxy) is 1. The van der Waals surface area contributed by atoms with Gasteiger partial charge in [-0.1, -0.05) is 68.5 Å². The molecule has 0 aliphatic rings. The van der Waals surface area contributed by atoms with Gasteiger partial charge in [0.25, 0.3) is 0 Å². The Hall–Kier alpha value is -3.71. The van der Waals surface area contributed by atoms with E-state index in [9.17, 15) is 9.90 Å². The first-order valence-electron chi connectivity index (χ1n) is 11.9. The third kappa shape index (κ3) is 7.15. The van der Waals surface area contributed by atoms with Crippen LogP contribution in [0.4, 0.5) is 0 Å². The van der Waals surface area contributed by atoms with Crippen molar-refractivity contribution in [2.75, 3.05) is 0 Å². The molecule has 0 aromatic heterocycles. The molecule has 0 fully saturated rings. The average molecular weight is 456 g/mol. The van der Waals surface area contributed by atoms with Crippen LogP contribution >= 0.6 is 0 Å². The summed E-state index contributed by atoms with van der Waals surface area (Å²) >= 11 is 0. The molecule has 4 heteroatoms. The van der Waals surface area contributed by atoms with Crippen molar-refractivity contribution in [3.05, 3.63) is 94.5 Å². The molecule has 0 heterocycles. The maximum absolute atomic E-state index is 12.0. The molecule has 3 rings (SSSR count). The molecule has 0 spiro atoms. The number of carboxylic acid groups (broad SMARTS) is 1. The number of carbonyl (C=O) groups is 1. The van der Waals surface area contributed by atoms with Crippen molar-refractivity contribution in [3.8, 4) is 23.3 Å². The van der Waals surface area contributed by atoms with E-state index in [4.69, 9.17) is 9.84 Å². The lowest BCUT2D eigenvalue weighted by molar-refractivity contribution is -0.268. The first-order chi connectivity index (χ1) is 16.5. The third-order valence-electron chi connectivity index (χ3n) is 5.69. The van der Waals surface area contributed by atoms with Gasteiger partial charge in [-0.25, -0.2) is 4.79 Å². The fourth-order valence-electron chi connectivity index (χ4n) is 3.66. The largest absolute Gasteiger partial charge is 0.872 e. The SMILES string of the molecule is CCCCc1ccc(C#Cc2ccc(C(CCCC)Oc3ccc(C(=O)O)c([O-])c3)cc2)cc1. The Balaban J connectivity index is 1.71. The predicted octanol–water partition coefficient (Wildman–Crippen LogP) is 6.51. The van der Waals surface area contributed by atoms with E-state index in [-0.39, 0.29) is 11.7 Å². The molecule has 0 saturated heterocycles. The first-order valence-corrected chi connectivity index (χ1v) is 11.9. The maximum Gasteiger partial charge on any atom is 0.335 e. The first kappa shape index (κ1) is 24.9. The van der Waals surface area contributed by atoms with E-state index in [1.165, 1.54) is 36.6 Å². The van der Waals surface area contributed by atoms with Gasteiger partial charge in [0.15, 0.2) is 0 Å². The molecule has 34 heavy (non-hydrogen) atoms. The molecule has 1 N–H and O–H groups in total. The molecule has 1 unspecified atom stereocenters. The molecular formula is C30H31O4-. The van der Waals surface area contributed by atoms with Crippen LogP contribution in [0, 0.1) is 11.8 Å². The predicted molar refractivity (Wildman–Crippen MR) is 133 cm³/mol. The molecule has 0 saturated carbocycles. The molecule has 3 aromatic rings. The Labute approximate surface area is 202 Å². The van der Waals surface area contributed by atoms with E-state index in [1.807, 2.05) is 24.3 Å². The highest BCUT2D eigenvalue weighted by atomic mass is 16.5. The molecule has 1 atom stereocenters. The van der Waals surface area contributed by atoms with Crippen molar-refractivity contribution >= 4 is 5.97 Å². The van der Waals surface area contributed by atoms with Crippen molar-refractivity contribution in [1.29, 1.82) is 0 Å². The van der Waals surface area contributed by atoms with Gasteiger partial charge in [0.05, 0.1) is 5.56 Å². The molecule has 176 valence electrons. The summed E-state index contributed by atoms with van der Waals surface area (Å²) in [7, 11) is 0. The van der Waals surface area contributed by atoms with Crippen molar-refractivity contribution in [2.45, 2.75) is 58.5 Å². The van der Waals surface area contributed by atoms with Gasteiger partial charge in [-0.3, -0.25) is 0 Å². The number of rotatable bonds is 10. The number of hydrogen-bond acceptors (Lipinski definition) is 3. The highest BCUT2D eigenvalue weighted by Crippen LogP contribution is 2.29. The molecular weight excluding hydrogens is 424 g/mol. The summed E-state index contributed by atoms with van der Waals surface area (Å²) in [6.45, 7) is 4.31. The molecule has 0 aliphatic heterocycles. The van der Waals surface area contributed by atoms with Gasteiger partial charge in [0, 0.05) is 11.1 Å². The second kappa shape index (κ2) is 12.5. The average Bonchev–Trinajstić information content (AvgIpc) is 2.85.